The van der Waals surface area contributed by atoms with Gasteiger partial charge in [0, 0.05) is 51.2 Å². The molecule has 2 aromatic heterocycles. The Morgan fingerprint density at radius 2 is 1.91 bits per heavy atom. The van der Waals surface area contributed by atoms with Crippen LogP contribution in [-0.2, 0) is 11.3 Å². The number of pyridine rings is 1. The molecule has 1 N–H and O–H groups in total. The molecule has 0 saturated carbocycles. The molecule has 2 aromatic rings. The lowest BCUT2D eigenvalue weighted by Gasteiger charge is -2.33. The van der Waals surface area contributed by atoms with Crippen molar-refractivity contribution in [3.8, 4) is 0 Å². The lowest BCUT2D eigenvalue weighted by molar-refractivity contribution is -0.118. The van der Waals surface area contributed by atoms with E-state index in [0.29, 0.717) is 6.54 Å². The zero-order chi connectivity index (χ0) is 16.1. The highest BCUT2D eigenvalue weighted by Crippen LogP contribution is 2.18. The Morgan fingerprint density at radius 3 is 2.61 bits per heavy atom. The zero-order valence-corrected chi connectivity index (χ0v) is 13.1. The first-order chi connectivity index (χ1) is 11.2. The lowest BCUT2D eigenvalue weighted by Crippen LogP contribution is -2.46. The highest BCUT2D eigenvalue weighted by molar-refractivity contribution is 5.52. The number of piperazine rings is 1. The number of hydrogen-bond acceptors (Lipinski definition) is 6. The van der Waals surface area contributed by atoms with E-state index in [0.717, 1.165) is 55.6 Å². The van der Waals surface area contributed by atoms with Crippen LogP contribution >= 0.6 is 0 Å². The van der Waals surface area contributed by atoms with Gasteiger partial charge in [-0.2, -0.15) is 0 Å². The standard InChI is InChI=1S/C16H20N6O/c1-13-19-15(18-11-14-2-4-17-5-3-14)10-16(20-13)22-8-6-21(12-23)7-9-22/h2-5,10,12H,6-9,11H2,1H3,(H,18,19,20). The van der Waals surface area contributed by atoms with Crippen molar-refractivity contribution in [2.75, 3.05) is 36.4 Å². The molecule has 0 unspecified atom stereocenters. The molecule has 0 atom stereocenters. The average molecular weight is 312 g/mol. The summed E-state index contributed by atoms with van der Waals surface area (Å²) in [4.78, 5) is 27.7. The van der Waals surface area contributed by atoms with Gasteiger partial charge < -0.3 is 15.1 Å². The molecule has 120 valence electrons. The summed E-state index contributed by atoms with van der Waals surface area (Å²) in [6, 6.07) is 5.91. The molecule has 1 saturated heterocycles. The Morgan fingerprint density at radius 1 is 1.17 bits per heavy atom. The largest absolute Gasteiger partial charge is 0.366 e. The molecule has 0 spiro atoms. The summed E-state index contributed by atoms with van der Waals surface area (Å²) in [7, 11) is 0. The van der Waals surface area contributed by atoms with Gasteiger partial charge in [0.1, 0.15) is 17.5 Å². The minimum Gasteiger partial charge on any atom is -0.366 e. The molecular weight excluding hydrogens is 292 g/mol. The molecule has 3 heterocycles. The molecule has 0 bridgehead atoms. The summed E-state index contributed by atoms with van der Waals surface area (Å²) < 4.78 is 0. The van der Waals surface area contributed by atoms with Crippen LogP contribution in [0.1, 0.15) is 11.4 Å². The summed E-state index contributed by atoms with van der Waals surface area (Å²) in [5.74, 6) is 2.44. The van der Waals surface area contributed by atoms with Crippen LogP contribution in [0.5, 0.6) is 0 Å². The third-order valence-corrected chi connectivity index (χ3v) is 3.83. The van der Waals surface area contributed by atoms with Crippen molar-refractivity contribution < 1.29 is 4.79 Å². The molecule has 23 heavy (non-hydrogen) atoms. The van der Waals surface area contributed by atoms with Gasteiger partial charge in [-0.25, -0.2) is 9.97 Å². The average Bonchev–Trinajstić information content (AvgIpc) is 2.60. The van der Waals surface area contributed by atoms with Crippen molar-refractivity contribution in [1.29, 1.82) is 0 Å². The SMILES string of the molecule is Cc1nc(NCc2ccncc2)cc(N2CCN(C=O)CC2)n1. The van der Waals surface area contributed by atoms with Gasteiger partial charge >= 0.3 is 0 Å². The van der Waals surface area contributed by atoms with Crippen molar-refractivity contribution in [1.82, 2.24) is 19.9 Å². The van der Waals surface area contributed by atoms with Gasteiger partial charge in [0.05, 0.1) is 0 Å². The fourth-order valence-corrected chi connectivity index (χ4v) is 2.55. The summed E-state index contributed by atoms with van der Waals surface area (Å²) in [5, 5.41) is 3.33. The summed E-state index contributed by atoms with van der Waals surface area (Å²) in [5.41, 5.74) is 1.15. The van der Waals surface area contributed by atoms with Crippen molar-refractivity contribution in [2.45, 2.75) is 13.5 Å². The summed E-state index contributed by atoms with van der Waals surface area (Å²) in [6.45, 7) is 5.62. The first-order valence-corrected chi connectivity index (χ1v) is 7.67. The Kier molecular flexibility index (Phi) is 4.65. The number of rotatable bonds is 5. The van der Waals surface area contributed by atoms with Crippen LogP contribution in [0.4, 0.5) is 11.6 Å². The van der Waals surface area contributed by atoms with E-state index in [2.05, 4.69) is 25.2 Å². The zero-order valence-electron chi connectivity index (χ0n) is 13.1. The molecule has 0 aromatic carbocycles. The number of amides is 1. The maximum atomic E-state index is 10.8. The molecule has 1 amide bonds. The van der Waals surface area contributed by atoms with Gasteiger partial charge in [0.15, 0.2) is 0 Å². The predicted octanol–water partition coefficient (Wildman–Crippen LogP) is 1.07. The number of carbonyl (C=O) groups is 1. The second-order valence-corrected chi connectivity index (χ2v) is 5.50. The Bertz CT molecular complexity index is 655. The van der Waals surface area contributed by atoms with Gasteiger partial charge in [0.25, 0.3) is 0 Å². The van der Waals surface area contributed by atoms with Crippen LogP contribution in [0, 0.1) is 6.92 Å². The number of nitrogens with one attached hydrogen (secondary N) is 1. The second kappa shape index (κ2) is 7.04. The molecule has 1 aliphatic heterocycles. The van der Waals surface area contributed by atoms with Gasteiger partial charge in [0.2, 0.25) is 6.41 Å². The van der Waals surface area contributed by atoms with Crippen LogP contribution in [-0.4, -0.2) is 52.4 Å². The predicted molar refractivity (Wildman–Crippen MR) is 88.2 cm³/mol. The molecule has 1 aliphatic rings. The topological polar surface area (TPSA) is 74.2 Å². The Labute approximate surface area is 135 Å². The lowest BCUT2D eigenvalue weighted by atomic mass is 10.2. The van der Waals surface area contributed by atoms with Crippen molar-refractivity contribution >= 4 is 18.0 Å². The molecule has 0 radical (unpaired) electrons. The number of anilines is 2. The maximum Gasteiger partial charge on any atom is 0.209 e. The van der Waals surface area contributed by atoms with Gasteiger partial charge in [-0.15, -0.1) is 0 Å². The monoisotopic (exact) mass is 312 g/mol. The highest BCUT2D eigenvalue weighted by atomic mass is 16.1. The van der Waals surface area contributed by atoms with Gasteiger partial charge in [-0.05, 0) is 24.6 Å². The van der Waals surface area contributed by atoms with E-state index >= 15 is 0 Å². The van der Waals surface area contributed by atoms with E-state index in [-0.39, 0.29) is 0 Å². The number of hydrogen-bond donors (Lipinski definition) is 1. The van der Waals surface area contributed by atoms with Crippen LogP contribution in [0.3, 0.4) is 0 Å². The van der Waals surface area contributed by atoms with Gasteiger partial charge in [-0.1, -0.05) is 0 Å². The Hall–Kier alpha value is -2.70. The van der Waals surface area contributed by atoms with E-state index in [4.69, 9.17) is 0 Å². The molecule has 1 fully saturated rings. The maximum absolute atomic E-state index is 10.8. The normalized spacial score (nSPS) is 14.7. The Balaban J connectivity index is 1.68. The van der Waals surface area contributed by atoms with E-state index in [1.54, 1.807) is 17.3 Å². The third-order valence-electron chi connectivity index (χ3n) is 3.83. The molecule has 3 rings (SSSR count). The van der Waals surface area contributed by atoms with Crippen molar-refractivity contribution in [2.24, 2.45) is 0 Å². The fourth-order valence-electron chi connectivity index (χ4n) is 2.55. The highest BCUT2D eigenvalue weighted by Gasteiger charge is 2.17. The van der Waals surface area contributed by atoms with E-state index in [9.17, 15) is 4.79 Å². The number of nitrogens with zero attached hydrogens (tertiary/aromatic N) is 5. The van der Waals surface area contributed by atoms with Crippen LogP contribution < -0.4 is 10.2 Å². The first kappa shape index (κ1) is 15.2. The summed E-state index contributed by atoms with van der Waals surface area (Å²) >= 11 is 0. The van der Waals surface area contributed by atoms with Crippen LogP contribution in [0.2, 0.25) is 0 Å². The van der Waals surface area contributed by atoms with Gasteiger partial charge in [-0.3, -0.25) is 9.78 Å². The van der Waals surface area contributed by atoms with E-state index < -0.39 is 0 Å². The van der Waals surface area contributed by atoms with Crippen molar-refractivity contribution in [3.05, 3.63) is 42.0 Å². The molecule has 0 aliphatic carbocycles. The molecule has 7 heteroatoms. The molecule has 7 nitrogen and oxygen atoms in total. The molecular formula is C16H20N6O. The minimum atomic E-state index is 0.692. The van der Waals surface area contributed by atoms with Crippen LogP contribution in [0.25, 0.3) is 0 Å². The fraction of sp³-hybridized carbons (Fsp3) is 0.375. The van der Waals surface area contributed by atoms with Crippen molar-refractivity contribution in [3.63, 3.8) is 0 Å². The van der Waals surface area contributed by atoms with E-state index in [1.807, 2.05) is 25.1 Å². The first-order valence-electron chi connectivity index (χ1n) is 7.67. The minimum absolute atomic E-state index is 0.692. The smallest absolute Gasteiger partial charge is 0.209 e. The number of carbonyl (C=O) groups excluding carboxylic acids is 1. The number of aromatic nitrogens is 3. The summed E-state index contributed by atoms with van der Waals surface area (Å²) in [6.07, 6.45) is 4.46. The quantitative estimate of drug-likeness (QED) is 0.833. The van der Waals surface area contributed by atoms with E-state index in [1.165, 1.54) is 0 Å². The number of aryl methyl sites for hydroxylation is 1. The van der Waals surface area contributed by atoms with Crippen LogP contribution in [0.15, 0.2) is 30.6 Å². The third kappa shape index (κ3) is 3.94. The second-order valence-electron chi connectivity index (χ2n) is 5.50.